The first-order valence-corrected chi connectivity index (χ1v) is 8.91. The summed E-state index contributed by atoms with van der Waals surface area (Å²) in [6, 6.07) is 9.21. The van der Waals surface area contributed by atoms with Crippen LogP contribution in [0.4, 0.5) is 26.2 Å². The zero-order chi connectivity index (χ0) is 19.8. The van der Waals surface area contributed by atoms with Gasteiger partial charge in [-0.3, -0.25) is 15.4 Å². The van der Waals surface area contributed by atoms with Crippen LogP contribution in [0.5, 0.6) is 5.75 Å². The molecule has 1 amide bonds. The lowest BCUT2D eigenvalue weighted by Crippen LogP contribution is -2.28. The molecule has 0 radical (unpaired) electrons. The van der Waals surface area contributed by atoms with Gasteiger partial charge in [-0.2, -0.15) is 0 Å². The first-order chi connectivity index (χ1) is 12.9. The predicted octanol–water partition coefficient (Wildman–Crippen LogP) is 4.63. The molecule has 10 heteroatoms. The molecule has 2 rings (SSSR count). The highest BCUT2D eigenvalue weighted by molar-refractivity contribution is 6.18. The van der Waals surface area contributed by atoms with Crippen LogP contribution in [0.15, 0.2) is 42.5 Å². The number of alkyl halides is 2. The van der Waals surface area contributed by atoms with E-state index in [9.17, 15) is 19.3 Å². The van der Waals surface area contributed by atoms with Gasteiger partial charge in [0, 0.05) is 48.7 Å². The van der Waals surface area contributed by atoms with Gasteiger partial charge in [0.2, 0.25) is 0 Å². The van der Waals surface area contributed by atoms with E-state index in [1.54, 1.807) is 4.90 Å². The second-order valence-corrected chi connectivity index (χ2v) is 6.05. The summed E-state index contributed by atoms with van der Waals surface area (Å²) < 4.78 is 19.4. The molecule has 7 nitrogen and oxygen atoms in total. The Bertz CT molecular complexity index is 799. The Morgan fingerprint density at radius 1 is 1.15 bits per heavy atom. The summed E-state index contributed by atoms with van der Waals surface area (Å²) in [4.78, 5) is 23.6. The van der Waals surface area contributed by atoms with Crippen molar-refractivity contribution in [2.24, 2.45) is 0 Å². The van der Waals surface area contributed by atoms with Gasteiger partial charge in [-0.25, -0.2) is 9.18 Å². The molecule has 0 fully saturated rings. The molecule has 0 aliphatic heterocycles. The van der Waals surface area contributed by atoms with Crippen LogP contribution in [-0.4, -0.2) is 35.9 Å². The molecule has 2 aromatic rings. The number of halogens is 3. The third kappa shape index (κ3) is 5.97. The van der Waals surface area contributed by atoms with Crippen molar-refractivity contribution >= 4 is 46.4 Å². The summed E-state index contributed by atoms with van der Waals surface area (Å²) in [5.41, 5.74) is 0.502. The molecule has 0 atom stereocenters. The fraction of sp³-hybridized carbons (Fsp3) is 0.235. The van der Waals surface area contributed by atoms with Crippen LogP contribution >= 0.6 is 23.2 Å². The monoisotopic (exact) mass is 415 g/mol. The fourth-order valence-corrected chi connectivity index (χ4v) is 2.69. The molecule has 0 aliphatic rings. The van der Waals surface area contributed by atoms with E-state index in [-0.39, 0.29) is 11.4 Å². The number of anilines is 2. The van der Waals surface area contributed by atoms with Gasteiger partial charge in [-0.05, 0) is 24.3 Å². The molecular weight excluding hydrogens is 400 g/mol. The van der Waals surface area contributed by atoms with Crippen LogP contribution in [0.2, 0.25) is 0 Å². The minimum Gasteiger partial charge on any atom is -0.410 e. The summed E-state index contributed by atoms with van der Waals surface area (Å²) in [5, 5.41) is 13.0. The number of carbonyl (C=O) groups is 1. The van der Waals surface area contributed by atoms with Crippen molar-refractivity contribution in [3.63, 3.8) is 0 Å². The Labute approximate surface area is 164 Å². The SMILES string of the molecule is O=C(Nc1ccc([N+](=O)[O-])cc1)Oc1ccc(N(CCCl)CCCl)c(F)c1. The van der Waals surface area contributed by atoms with E-state index in [1.807, 2.05) is 0 Å². The second kappa shape index (κ2) is 9.94. The number of amides is 1. The van der Waals surface area contributed by atoms with E-state index in [0.29, 0.717) is 36.2 Å². The molecule has 0 saturated carbocycles. The van der Waals surface area contributed by atoms with Crippen molar-refractivity contribution in [3.8, 4) is 5.75 Å². The van der Waals surface area contributed by atoms with Crippen molar-refractivity contribution in [3.05, 3.63) is 58.4 Å². The van der Waals surface area contributed by atoms with Gasteiger partial charge in [0.05, 0.1) is 10.6 Å². The third-order valence-corrected chi connectivity index (χ3v) is 3.84. The van der Waals surface area contributed by atoms with Gasteiger partial charge >= 0.3 is 6.09 Å². The average molecular weight is 416 g/mol. The number of hydrogen-bond acceptors (Lipinski definition) is 5. The number of hydrogen-bond donors (Lipinski definition) is 1. The van der Waals surface area contributed by atoms with Crippen LogP contribution in [0.25, 0.3) is 0 Å². The number of nitrogens with one attached hydrogen (secondary N) is 1. The smallest absolute Gasteiger partial charge is 0.410 e. The fourth-order valence-electron chi connectivity index (χ4n) is 2.28. The Balaban J connectivity index is 2.03. The zero-order valence-electron chi connectivity index (χ0n) is 14.0. The predicted molar refractivity (Wildman–Crippen MR) is 103 cm³/mol. The summed E-state index contributed by atoms with van der Waals surface area (Å²) in [6.07, 6.45) is -0.852. The van der Waals surface area contributed by atoms with Gasteiger partial charge in [0.15, 0.2) is 0 Å². The molecular formula is C17H16Cl2FN3O4. The maximum Gasteiger partial charge on any atom is 0.417 e. The maximum absolute atomic E-state index is 14.3. The lowest BCUT2D eigenvalue weighted by Gasteiger charge is -2.23. The zero-order valence-corrected chi connectivity index (χ0v) is 15.5. The standard InChI is InChI=1S/C17H16Cl2FN3O4/c18-7-9-22(10-8-19)16-6-5-14(11-15(16)20)27-17(24)21-12-1-3-13(4-2-12)23(25)26/h1-6,11H,7-10H2,(H,21,24). The summed E-state index contributed by atoms with van der Waals surface area (Å²) >= 11 is 11.4. The summed E-state index contributed by atoms with van der Waals surface area (Å²) in [7, 11) is 0. The molecule has 27 heavy (non-hydrogen) atoms. The van der Waals surface area contributed by atoms with Crippen LogP contribution in [0, 0.1) is 15.9 Å². The number of non-ortho nitro benzene ring substituents is 1. The van der Waals surface area contributed by atoms with Crippen molar-refractivity contribution in [2.75, 3.05) is 35.1 Å². The first kappa shape index (κ1) is 20.7. The summed E-state index contributed by atoms with van der Waals surface area (Å²) in [5.74, 6) is 0.0524. The average Bonchev–Trinajstić information content (AvgIpc) is 2.62. The van der Waals surface area contributed by atoms with Gasteiger partial charge < -0.3 is 9.64 Å². The lowest BCUT2D eigenvalue weighted by atomic mass is 10.2. The molecule has 144 valence electrons. The molecule has 0 spiro atoms. The van der Waals surface area contributed by atoms with E-state index in [4.69, 9.17) is 27.9 Å². The molecule has 2 aromatic carbocycles. The van der Waals surface area contributed by atoms with E-state index >= 15 is 0 Å². The van der Waals surface area contributed by atoms with Crippen LogP contribution < -0.4 is 15.0 Å². The van der Waals surface area contributed by atoms with Crippen molar-refractivity contribution in [1.29, 1.82) is 0 Å². The highest BCUT2D eigenvalue weighted by atomic mass is 35.5. The molecule has 0 unspecified atom stereocenters. The second-order valence-electron chi connectivity index (χ2n) is 5.30. The van der Waals surface area contributed by atoms with Crippen molar-refractivity contribution in [1.82, 2.24) is 0 Å². The van der Waals surface area contributed by atoms with Gasteiger partial charge in [0.25, 0.3) is 5.69 Å². The largest absolute Gasteiger partial charge is 0.417 e. The molecule has 0 heterocycles. The highest BCUT2D eigenvalue weighted by Crippen LogP contribution is 2.25. The topological polar surface area (TPSA) is 84.7 Å². The van der Waals surface area contributed by atoms with Gasteiger partial charge in [-0.15, -0.1) is 23.2 Å². The van der Waals surface area contributed by atoms with Gasteiger partial charge in [-0.1, -0.05) is 0 Å². The van der Waals surface area contributed by atoms with Crippen LogP contribution in [0.1, 0.15) is 0 Å². The molecule has 0 aromatic heterocycles. The van der Waals surface area contributed by atoms with Crippen LogP contribution in [-0.2, 0) is 0 Å². The summed E-state index contributed by atoms with van der Waals surface area (Å²) in [6.45, 7) is 0.845. The molecule has 0 saturated heterocycles. The molecule has 0 bridgehead atoms. The lowest BCUT2D eigenvalue weighted by molar-refractivity contribution is -0.384. The minimum atomic E-state index is -0.852. The quantitative estimate of drug-likeness (QED) is 0.385. The third-order valence-electron chi connectivity index (χ3n) is 3.50. The number of benzene rings is 2. The number of nitrogens with zero attached hydrogens (tertiary/aromatic N) is 2. The minimum absolute atomic E-state index is 0.00681. The Kier molecular flexibility index (Phi) is 7.63. The Morgan fingerprint density at radius 3 is 2.30 bits per heavy atom. The van der Waals surface area contributed by atoms with Gasteiger partial charge in [0.1, 0.15) is 11.6 Å². The number of nitro benzene ring substituents is 1. The normalized spacial score (nSPS) is 10.3. The molecule has 1 N–H and O–H groups in total. The van der Waals surface area contributed by atoms with E-state index in [0.717, 1.165) is 6.07 Å². The van der Waals surface area contributed by atoms with Crippen LogP contribution in [0.3, 0.4) is 0 Å². The first-order valence-electron chi connectivity index (χ1n) is 7.84. The van der Waals surface area contributed by atoms with E-state index < -0.39 is 16.8 Å². The Hall–Kier alpha value is -2.58. The molecule has 0 aliphatic carbocycles. The number of ether oxygens (including phenoxy) is 1. The number of rotatable bonds is 8. The highest BCUT2D eigenvalue weighted by Gasteiger charge is 2.14. The Morgan fingerprint density at radius 2 is 1.78 bits per heavy atom. The van der Waals surface area contributed by atoms with E-state index in [1.165, 1.54) is 36.4 Å². The van der Waals surface area contributed by atoms with Crippen molar-refractivity contribution in [2.45, 2.75) is 0 Å². The van der Waals surface area contributed by atoms with E-state index in [2.05, 4.69) is 5.32 Å². The maximum atomic E-state index is 14.3. The van der Waals surface area contributed by atoms with Crippen molar-refractivity contribution < 1.29 is 18.8 Å². The number of nitro groups is 1. The number of carbonyl (C=O) groups excluding carboxylic acids is 1.